The standard InChI is InChI=1S/C17H20O2S/c1-11(20(18)19)12-8-9-14-13-6-4-5-7-15(13)17(2,3)16(14)10-12/h4-11,14,16H,1-3H3,(H,18,19)/t11-,14?,16?/m1/s1. The Balaban J connectivity index is 2.05. The summed E-state index contributed by atoms with van der Waals surface area (Å²) in [5, 5.41) is -0.327. The lowest BCUT2D eigenvalue weighted by Gasteiger charge is -2.31. The predicted octanol–water partition coefficient (Wildman–Crippen LogP) is 3.78. The maximum absolute atomic E-state index is 11.3. The second kappa shape index (κ2) is 4.68. The van der Waals surface area contributed by atoms with Crippen molar-refractivity contribution in [3.8, 4) is 0 Å². The van der Waals surface area contributed by atoms with Crippen molar-refractivity contribution >= 4 is 11.1 Å². The summed E-state index contributed by atoms with van der Waals surface area (Å²) in [6.45, 7) is 6.34. The molecular formula is C17H20O2S. The topological polar surface area (TPSA) is 37.3 Å². The van der Waals surface area contributed by atoms with Crippen LogP contribution < -0.4 is 0 Å². The van der Waals surface area contributed by atoms with Crippen molar-refractivity contribution in [1.82, 2.24) is 0 Å². The molecular weight excluding hydrogens is 268 g/mol. The van der Waals surface area contributed by atoms with Gasteiger partial charge in [-0.3, -0.25) is 0 Å². The molecule has 0 amide bonds. The Morgan fingerprint density at radius 1 is 1.30 bits per heavy atom. The van der Waals surface area contributed by atoms with Crippen LogP contribution in [-0.4, -0.2) is 14.0 Å². The SMILES string of the molecule is C[C@H](C1=CC2C(C=C1)c1ccccc1C2(C)C)S(=O)O. The summed E-state index contributed by atoms with van der Waals surface area (Å²) in [6.07, 6.45) is 6.44. The molecule has 0 fully saturated rings. The molecule has 106 valence electrons. The summed E-state index contributed by atoms with van der Waals surface area (Å²) in [5.74, 6) is 0.759. The van der Waals surface area contributed by atoms with Gasteiger partial charge in [0.05, 0.1) is 5.25 Å². The van der Waals surface area contributed by atoms with Gasteiger partial charge in [-0.1, -0.05) is 56.3 Å². The highest BCUT2D eigenvalue weighted by Crippen LogP contribution is 2.53. The van der Waals surface area contributed by atoms with Crippen LogP contribution >= 0.6 is 0 Å². The molecule has 2 aliphatic rings. The molecule has 0 radical (unpaired) electrons. The van der Waals surface area contributed by atoms with Crippen LogP contribution in [0.15, 0.2) is 48.1 Å². The second-order valence-electron chi connectivity index (χ2n) is 6.30. The van der Waals surface area contributed by atoms with E-state index in [2.05, 4.69) is 50.3 Å². The van der Waals surface area contributed by atoms with E-state index in [0.29, 0.717) is 11.8 Å². The van der Waals surface area contributed by atoms with Crippen LogP contribution in [0.1, 0.15) is 37.8 Å². The molecule has 0 saturated carbocycles. The Morgan fingerprint density at radius 3 is 2.70 bits per heavy atom. The summed E-state index contributed by atoms with van der Waals surface area (Å²) < 4.78 is 20.6. The first-order chi connectivity index (χ1) is 9.43. The van der Waals surface area contributed by atoms with Gasteiger partial charge in [0.2, 0.25) is 0 Å². The van der Waals surface area contributed by atoms with Gasteiger partial charge < -0.3 is 4.55 Å². The number of hydrogen-bond donors (Lipinski definition) is 1. The highest BCUT2D eigenvalue weighted by molar-refractivity contribution is 7.80. The monoisotopic (exact) mass is 288 g/mol. The zero-order valence-electron chi connectivity index (χ0n) is 12.0. The van der Waals surface area contributed by atoms with Crippen molar-refractivity contribution < 1.29 is 8.76 Å². The minimum absolute atomic E-state index is 0.0634. The van der Waals surface area contributed by atoms with Crippen LogP contribution in [0, 0.1) is 5.92 Å². The lowest BCUT2D eigenvalue weighted by molar-refractivity contribution is 0.392. The second-order valence-corrected chi connectivity index (χ2v) is 7.56. The van der Waals surface area contributed by atoms with Gasteiger partial charge in [-0.15, -0.1) is 0 Å². The van der Waals surface area contributed by atoms with Gasteiger partial charge in [-0.05, 0) is 35.0 Å². The molecule has 4 atom stereocenters. The summed E-state index contributed by atoms with van der Waals surface area (Å²) in [7, 11) is 0. The highest BCUT2D eigenvalue weighted by Gasteiger charge is 2.45. The fraction of sp³-hybridized carbons (Fsp3) is 0.412. The van der Waals surface area contributed by atoms with Gasteiger partial charge in [0.25, 0.3) is 0 Å². The fourth-order valence-corrected chi connectivity index (χ4v) is 3.99. The molecule has 1 aromatic rings. The van der Waals surface area contributed by atoms with Gasteiger partial charge in [0.1, 0.15) is 0 Å². The molecule has 3 rings (SSSR count). The Labute approximate surface area is 122 Å². The first-order valence-electron chi connectivity index (χ1n) is 7.02. The molecule has 20 heavy (non-hydrogen) atoms. The van der Waals surface area contributed by atoms with Crippen molar-refractivity contribution in [3.63, 3.8) is 0 Å². The molecule has 0 aromatic heterocycles. The Bertz CT molecular complexity index is 628. The summed E-state index contributed by atoms with van der Waals surface area (Å²) in [6, 6.07) is 8.61. The van der Waals surface area contributed by atoms with Gasteiger partial charge >= 0.3 is 0 Å². The Morgan fingerprint density at radius 2 is 2.00 bits per heavy atom. The van der Waals surface area contributed by atoms with Gasteiger partial charge in [-0.2, -0.15) is 0 Å². The zero-order valence-corrected chi connectivity index (χ0v) is 12.9. The minimum atomic E-state index is -1.81. The van der Waals surface area contributed by atoms with Crippen LogP contribution in [0.3, 0.4) is 0 Å². The van der Waals surface area contributed by atoms with Crippen LogP contribution in [0.2, 0.25) is 0 Å². The van der Waals surface area contributed by atoms with Crippen molar-refractivity contribution in [2.24, 2.45) is 5.92 Å². The van der Waals surface area contributed by atoms with E-state index >= 15 is 0 Å². The van der Waals surface area contributed by atoms with Crippen LogP contribution in [0.4, 0.5) is 0 Å². The molecule has 1 N–H and O–H groups in total. The molecule has 1 aromatic carbocycles. The van der Waals surface area contributed by atoms with E-state index in [-0.39, 0.29) is 10.7 Å². The maximum atomic E-state index is 11.3. The van der Waals surface area contributed by atoms with Gasteiger partial charge in [-0.25, -0.2) is 4.21 Å². The molecule has 2 nitrogen and oxygen atoms in total. The van der Waals surface area contributed by atoms with E-state index in [9.17, 15) is 8.76 Å². The third-order valence-electron chi connectivity index (χ3n) is 4.87. The summed E-state index contributed by atoms with van der Waals surface area (Å²) >= 11 is -1.81. The van der Waals surface area contributed by atoms with E-state index in [4.69, 9.17) is 0 Å². The third kappa shape index (κ3) is 1.92. The van der Waals surface area contributed by atoms with E-state index in [1.54, 1.807) is 0 Å². The van der Waals surface area contributed by atoms with Crippen LogP contribution in [0.25, 0.3) is 0 Å². The average molecular weight is 288 g/mol. The number of rotatable bonds is 2. The zero-order chi connectivity index (χ0) is 14.5. The van der Waals surface area contributed by atoms with Gasteiger partial charge in [0, 0.05) is 5.92 Å². The molecule has 3 unspecified atom stereocenters. The first kappa shape index (κ1) is 13.8. The molecule has 0 spiro atoms. The van der Waals surface area contributed by atoms with Crippen LogP contribution in [0.5, 0.6) is 0 Å². The maximum Gasteiger partial charge on any atom is 0.160 e. The number of allylic oxidation sites excluding steroid dienone is 3. The molecule has 0 saturated heterocycles. The smallest absolute Gasteiger partial charge is 0.160 e. The molecule has 2 aliphatic carbocycles. The van der Waals surface area contributed by atoms with Crippen LogP contribution in [-0.2, 0) is 16.5 Å². The van der Waals surface area contributed by atoms with E-state index < -0.39 is 11.1 Å². The van der Waals surface area contributed by atoms with E-state index in [1.807, 2.05) is 13.0 Å². The summed E-state index contributed by atoms with van der Waals surface area (Å²) in [5.41, 5.74) is 3.84. The predicted molar refractivity (Wildman–Crippen MR) is 83.2 cm³/mol. The van der Waals surface area contributed by atoms with Crippen molar-refractivity contribution in [3.05, 3.63) is 59.2 Å². The van der Waals surface area contributed by atoms with E-state index in [1.165, 1.54) is 11.1 Å². The average Bonchev–Trinajstić information content (AvgIpc) is 2.67. The lowest BCUT2D eigenvalue weighted by Crippen LogP contribution is -2.27. The molecule has 0 heterocycles. The largest absolute Gasteiger partial charge is 0.306 e. The Kier molecular flexibility index (Phi) is 3.22. The molecule has 3 heteroatoms. The lowest BCUT2D eigenvalue weighted by atomic mass is 9.73. The van der Waals surface area contributed by atoms with Gasteiger partial charge in [0.15, 0.2) is 11.1 Å². The first-order valence-corrected chi connectivity index (χ1v) is 8.19. The molecule has 0 bridgehead atoms. The van der Waals surface area contributed by atoms with Crippen molar-refractivity contribution in [2.45, 2.75) is 37.4 Å². The van der Waals surface area contributed by atoms with Crippen molar-refractivity contribution in [1.29, 1.82) is 0 Å². The van der Waals surface area contributed by atoms with Crippen molar-refractivity contribution in [2.75, 3.05) is 0 Å². The quantitative estimate of drug-likeness (QED) is 0.841. The third-order valence-corrected chi connectivity index (χ3v) is 5.75. The molecule has 0 aliphatic heterocycles. The minimum Gasteiger partial charge on any atom is -0.306 e. The fourth-order valence-electron chi connectivity index (χ4n) is 3.60. The summed E-state index contributed by atoms with van der Waals surface area (Å²) in [4.78, 5) is 0. The number of hydrogen-bond acceptors (Lipinski definition) is 1. The highest BCUT2D eigenvalue weighted by atomic mass is 32.2. The normalized spacial score (nSPS) is 29.3. The van der Waals surface area contributed by atoms with E-state index in [0.717, 1.165) is 5.57 Å². The number of fused-ring (bicyclic) bond motifs is 3. The Hall–Kier alpha value is -1.19. The number of benzene rings is 1.